The molecule has 37 heavy (non-hydrogen) atoms. The molecule has 0 fully saturated rings. The van der Waals surface area contributed by atoms with Crippen LogP contribution in [0, 0.1) is 19.8 Å². The van der Waals surface area contributed by atoms with Crippen LogP contribution in [-0.2, 0) is 11.8 Å². The van der Waals surface area contributed by atoms with Crippen molar-refractivity contribution in [1.29, 1.82) is 0 Å². The molecule has 1 atom stereocenters. The predicted octanol–water partition coefficient (Wildman–Crippen LogP) is 6.01. The summed E-state index contributed by atoms with van der Waals surface area (Å²) in [6.07, 6.45) is 9.37. The van der Waals surface area contributed by atoms with Crippen LogP contribution in [0.2, 0.25) is 0 Å². The van der Waals surface area contributed by atoms with Gasteiger partial charge < -0.3 is 10.1 Å². The molecule has 0 aliphatic rings. The molecule has 0 aliphatic carbocycles. The molecule has 9 nitrogen and oxygen atoms in total. The highest BCUT2D eigenvalue weighted by Gasteiger charge is 2.18. The lowest BCUT2D eigenvalue weighted by atomic mass is 9.91. The Morgan fingerprint density at radius 1 is 1.05 bits per heavy atom. The van der Waals surface area contributed by atoms with Gasteiger partial charge in [0.25, 0.3) is 5.91 Å². The maximum Gasteiger partial charge on any atom is 0.412 e. The van der Waals surface area contributed by atoms with Gasteiger partial charge in [-0.25, -0.2) is 4.79 Å². The van der Waals surface area contributed by atoms with Gasteiger partial charge in [-0.05, 0) is 76.3 Å². The first kappa shape index (κ1) is 27.6. The third-order valence-corrected chi connectivity index (χ3v) is 5.86. The number of ether oxygens (including phenoxy) is 1. The molecule has 0 radical (unpaired) electrons. The van der Waals surface area contributed by atoms with Crippen molar-refractivity contribution in [2.75, 3.05) is 10.6 Å². The van der Waals surface area contributed by atoms with Crippen LogP contribution >= 0.6 is 0 Å². The Labute approximate surface area is 218 Å². The second-order valence-corrected chi connectivity index (χ2v) is 10.1. The number of nitrogens with zero attached hydrogens (tertiary/aromatic N) is 4. The van der Waals surface area contributed by atoms with Gasteiger partial charge in [0.1, 0.15) is 5.60 Å². The summed E-state index contributed by atoms with van der Waals surface area (Å²) in [6, 6.07) is 3.48. The van der Waals surface area contributed by atoms with E-state index in [0.717, 1.165) is 28.8 Å². The number of hydrogen-bond donors (Lipinski definition) is 2. The summed E-state index contributed by atoms with van der Waals surface area (Å²) in [7, 11) is 1.89. The van der Waals surface area contributed by atoms with E-state index in [9.17, 15) is 9.59 Å². The van der Waals surface area contributed by atoms with E-state index in [4.69, 9.17) is 4.74 Å². The first-order chi connectivity index (χ1) is 17.4. The highest BCUT2D eigenvalue weighted by Crippen LogP contribution is 2.29. The third-order valence-electron chi connectivity index (χ3n) is 5.86. The Balaban J connectivity index is 1.86. The summed E-state index contributed by atoms with van der Waals surface area (Å²) in [4.78, 5) is 34.1. The smallest absolute Gasteiger partial charge is 0.412 e. The molecule has 1 unspecified atom stereocenters. The molecule has 0 bridgehead atoms. The van der Waals surface area contributed by atoms with Crippen molar-refractivity contribution in [2.45, 2.75) is 60.5 Å². The number of hydrogen-bond acceptors (Lipinski definition) is 6. The van der Waals surface area contributed by atoms with Gasteiger partial charge in [-0.1, -0.05) is 13.8 Å². The fraction of sp³-hybridized carbons (Fsp3) is 0.393. The van der Waals surface area contributed by atoms with Crippen molar-refractivity contribution in [3.8, 4) is 0 Å². The molecule has 0 aromatic carbocycles. The Bertz CT molecular complexity index is 1320. The summed E-state index contributed by atoms with van der Waals surface area (Å²) in [5.74, 6) is -0.0250. The molecule has 2 amide bonds. The zero-order valence-electron chi connectivity index (χ0n) is 22.8. The van der Waals surface area contributed by atoms with E-state index in [-0.39, 0.29) is 5.91 Å². The summed E-state index contributed by atoms with van der Waals surface area (Å²) < 4.78 is 7.07. The molecule has 0 saturated carbocycles. The lowest BCUT2D eigenvalue weighted by Crippen LogP contribution is -2.27. The van der Waals surface area contributed by atoms with Gasteiger partial charge in [-0.3, -0.25) is 24.8 Å². The van der Waals surface area contributed by atoms with Crippen molar-refractivity contribution in [1.82, 2.24) is 19.7 Å². The standard InChI is InChI=1S/C28H36N6O3/c1-9-17(2)24(22-14-31-34(8)16-22)11-20-10-21(13-29-18(20)3)26(35)33-25-12-23(15-30-19(25)4)32-27(36)37-28(5,6)7/h10-17H,9H2,1-8H3,(H,32,36)(H,33,35)/b24-11+. The van der Waals surface area contributed by atoms with Crippen molar-refractivity contribution < 1.29 is 14.3 Å². The van der Waals surface area contributed by atoms with Gasteiger partial charge >= 0.3 is 6.09 Å². The molecule has 3 aromatic rings. The van der Waals surface area contributed by atoms with E-state index >= 15 is 0 Å². The largest absolute Gasteiger partial charge is 0.444 e. The van der Waals surface area contributed by atoms with E-state index < -0.39 is 11.7 Å². The molecule has 3 aromatic heterocycles. The molecular weight excluding hydrogens is 468 g/mol. The quantitative estimate of drug-likeness (QED) is 0.407. The summed E-state index contributed by atoms with van der Waals surface area (Å²) in [5.41, 5.74) is 5.15. The molecule has 0 spiro atoms. The number of amides is 2. The van der Waals surface area contributed by atoms with Crippen LogP contribution in [-0.4, -0.2) is 37.3 Å². The minimum absolute atomic E-state index is 0.301. The van der Waals surface area contributed by atoms with Crippen molar-refractivity contribution in [3.63, 3.8) is 0 Å². The van der Waals surface area contributed by atoms with Crippen molar-refractivity contribution in [2.24, 2.45) is 13.0 Å². The maximum atomic E-state index is 13.2. The predicted molar refractivity (Wildman–Crippen MR) is 146 cm³/mol. The van der Waals surface area contributed by atoms with E-state index in [1.807, 2.05) is 32.4 Å². The van der Waals surface area contributed by atoms with Crippen LogP contribution in [0.25, 0.3) is 11.6 Å². The number of aromatic nitrogens is 4. The first-order valence-corrected chi connectivity index (χ1v) is 12.3. The van der Waals surface area contributed by atoms with Crippen LogP contribution in [0.15, 0.2) is 36.9 Å². The molecule has 3 rings (SSSR count). The Hall–Kier alpha value is -4.01. The molecular formula is C28H36N6O3. The first-order valence-electron chi connectivity index (χ1n) is 12.3. The third kappa shape index (κ3) is 7.49. The van der Waals surface area contributed by atoms with Gasteiger partial charge in [-0.2, -0.15) is 5.10 Å². The number of carbonyl (C=O) groups is 2. The Kier molecular flexibility index (Phi) is 8.47. The van der Waals surface area contributed by atoms with E-state index in [1.165, 1.54) is 6.20 Å². The van der Waals surface area contributed by atoms with Crippen molar-refractivity contribution >= 4 is 35.0 Å². The van der Waals surface area contributed by atoms with Crippen LogP contribution in [0.3, 0.4) is 0 Å². The second-order valence-electron chi connectivity index (χ2n) is 10.1. The highest BCUT2D eigenvalue weighted by molar-refractivity contribution is 6.05. The summed E-state index contributed by atoms with van der Waals surface area (Å²) in [6.45, 7) is 13.4. The minimum Gasteiger partial charge on any atom is -0.444 e. The van der Waals surface area contributed by atoms with Crippen molar-refractivity contribution in [3.05, 3.63) is 65.0 Å². The number of aryl methyl sites for hydroxylation is 3. The van der Waals surface area contributed by atoms with E-state index in [2.05, 4.69) is 45.6 Å². The summed E-state index contributed by atoms with van der Waals surface area (Å²) >= 11 is 0. The number of carbonyl (C=O) groups excluding carboxylic acids is 2. The van der Waals surface area contributed by atoms with E-state index in [1.54, 1.807) is 44.6 Å². The van der Waals surface area contributed by atoms with Gasteiger partial charge in [0.2, 0.25) is 0 Å². The minimum atomic E-state index is -0.629. The van der Waals surface area contributed by atoms with Gasteiger partial charge in [0.05, 0.1) is 35.0 Å². The average Bonchev–Trinajstić information content (AvgIpc) is 3.24. The second kappa shape index (κ2) is 11.4. The monoisotopic (exact) mass is 504 g/mol. The van der Waals surface area contributed by atoms with Crippen LogP contribution in [0.5, 0.6) is 0 Å². The van der Waals surface area contributed by atoms with Crippen LogP contribution in [0.4, 0.5) is 16.2 Å². The maximum absolute atomic E-state index is 13.2. The van der Waals surface area contributed by atoms with Gasteiger partial charge in [-0.15, -0.1) is 0 Å². The number of anilines is 2. The normalized spacial score (nSPS) is 12.7. The number of nitrogens with one attached hydrogen (secondary N) is 2. The van der Waals surface area contributed by atoms with Crippen LogP contribution in [0.1, 0.15) is 73.9 Å². The number of pyridine rings is 2. The molecule has 196 valence electrons. The molecule has 2 N–H and O–H groups in total. The lowest BCUT2D eigenvalue weighted by Gasteiger charge is -2.20. The topological polar surface area (TPSA) is 111 Å². The zero-order valence-corrected chi connectivity index (χ0v) is 22.8. The Morgan fingerprint density at radius 2 is 1.76 bits per heavy atom. The number of rotatable bonds is 7. The fourth-order valence-corrected chi connectivity index (χ4v) is 3.63. The SMILES string of the molecule is CCC(C)/C(=C\c1cc(C(=O)Nc2cc(NC(=O)OC(C)(C)C)cnc2C)cnc1C)c1cnn(C)c1. The molecule has 0 aliphatic heterocycles. The number of allylic oxidation sites excluding steroid dienone is 1. The lowest BCUT2D eigenvalue weighted by molar-refractivity contribution is 0.0635. The van der Waals surface area contributed by atoms with Gasteiger partial charge in [0.15, 0.2) is 0 Å². The highest BCUT2D eigenvalue weighted by atomic mass is 16.6. The Morgan fingerprint density at radius 3 is 2.38 bits per heavy atom. The van der Waals surface area contributed by atoms with Gasteiger partial charge in [0, 0.05) is 30.7 Å². The van der Waals surface area contributed by atoms with Crippen LogP contribution < -0.4 is 10.6 Å². The average molecular weight is 505 g/mol. The zero-order chi connectivity index (χ0) is 27.3. The molecule has 0 saturated heterocycles. The fourth-order valence-electron chi connectivity index (χ4n) is 3.63. The molecule has 9 heteroatoms. The van der Waals surface area contributed by atoms with E-state index in [0.29, 0.717) is 28.6 Å². The molecule has 3 heterocycles. The summed E-state index contributed by atoms with van der Waals surface area (Å²) in [5, 5.41) is 9.86.